The number of anilines is 9. The molecule has 0 atom stereocenters. The van der Waals surface area contributed by atoms with E-state index in [1.807, 2.05) is 0 Å². The van der Waals surface area contributed by atoms with Gasteiger partial charge in [0.2, 0.25) is 0 Å². The van der Waals surface area contributed by atoms with E-state index in [9.17, 15) is 0 Å². The lowest BCUT2D eigenvalue weighted by atomic mass is 9.33. The predicted octanol–water partition coefficient (Wildman–Crippen LogP) is 19.8. The molecule has 0 saturated carbocycles. The van der Waals surface area contributed by atoms with Crippen LogP contribution in [0.15, 0.2) is 140 Å². The largest absolute Gasteiger partial charge is 0.311 e. The molecule has 418 valence electrons. The first-order chi connectivity index (χ1) is 38.4. The van der Waals surface area contributed by atoms with Crippen molar-refractivity contribution in [1.82, 2.24) is 0 Å². The van der Waals surface area contributed by atoms with E-state index in [0.717, 1.165) is 18.5 Å². The summed E-state index contributed by atoms with van der Waals surface area (Å²) < 4.78 is 0. The van der Waals surface area contributed by atoms with Crippen molar-refractivity contribution in [1.29, 1.82) is 0 Å². The van der Waals surface area contributed by atoms with Crippen molar-refractivity contribution in [2.45, 2.75) is 195 Å². The Labute approximate surface area is 493 Å². The van der Waals surface area contributed by atoms with Gasteiger partial charge in [0.05, 0.1) is 5.69 Å². The van der Waals surface area contributed by atoms with Gasteiger partial charge in [-0.2, -0.15) is 0 Å². The van der Waals surface area contributed by atoms with Gasteiger partial charge in [-0.25, -0.2) is 0 Å². The lowest BCUT2D eigenvalue weighted by molar-refractivity contribution is 0.332. The summed E-state index contributed by atoms with van der Waals surface area (Å²) in [5, 5.41) is 0. The average Bonchev–Trinajstić information content (AvgIpc) is 0.977. The highest BCUT2D eigenvalue weighted by molar-refractivity contribution is 7.00. The zero-order valence-corrected chi connectivity index (χ0v) is 53.0. The highest BCUT2D eigenvalue weighted by Crippen LogP contribution is 2.57. The summed E-state index contributed by atoms with van der Waals surface area (Å²) >= 11 is 0. The molecule has 0 spiro atoms. The normalized spacial score (nSPS) is 18.2. The molecule has 13 rings (SSSR count). The summed E-state index contributed by atoms with van der Waals surface area (Å²) in [6.45, 7) is 45.6. The highest BCUT2D eigenvalue weighted by Gasteiger charge is 2.49. The minimum atomic E-state index is -0.175. The zero-order chi connectivity index (χ0) is 58.3. The van der Waals surface area contributed by atoms with Crippen molar-refractivity contribution in [3.63, 3.8) is 0 Å². The summed E-state index contributed by atoms with van der Waals surface area (Å²) in [5.74, 6) is 0. The quantitative estimate of drug-likeness (QED) is 0.159. The van der Waals surface area contributed by atoms with Gasteiger partial charge in [0, 0.05) is 56.5 Å². The smallest absolute Gasteiger partial charge is 0.252 e. The van der Waals surface area contributed by atoms with Crippen molar-refractivity contribution in [3.8, 4) is 11.1 Å². The van der Waals surface area contributed by atoms with Crippen LogP contribution >= 0.6 is 0 Å². The van der Waals surface area contributed by atoms with Crippen molar-refractivity contribution < 1.29 is 0 Å². The molecule has 3 aliphatic carbocycles. The molecule has 4 heteroatoms. The third-order valence-corrected chi connectivity index (χ3v) is 21.0. The number of nitrogens with zero attached hydrogens (tertiary/aromatic N) is 3. The van der Waals surface area contributed by atoms with Crippen LogP contribution in [0.3, 0.4) is 0 Å². The molecule has 3 nitrogen and oxygen atoms in total. The van der Waals surface area contributed by atoms with Crippen molar-refractivity contribution in [2.24, 2.45) is 0 Å². The minimum Gasteiger partial charge on any atom is -0.311 e. The molecule has 0 fully saturated rings. The Morgan fingerprint density at radius 3 is 1.52 bits per heavy atom. The number of aryl methyl sites for hydroxylation is 3. The fourth-order valence-corrected chi connectivity index (χ4v) is 15.6. The molecule has 0 saturated heterocycles. The van der Waals surface area contributed by atoms with Crippen LogP contribution in [0.4, 0.5) is 51.2 Å². The number of hydrogen-bond acceptors (Lipinski definition) is 3. The Bertz CT molecular complexity index is 3930. The van der Waals surface area contributed by atoms with Gasteiger partial charge in [-0.05, 0) is 223 Å². The lowest BCUT2D eigenvalue weighted by Gasteiger charge is -2.48. The minimum absolute atomic E-state index is 0.0156. The van der Waals surface area contributed by atoms with E-state index in [1.54, 1.807) is 0 Å². The molecular formula is C78H88BN3. The van der Waals surface area contributed by atoms with Gasteiger partial charge in [0.15, 0.2) is 0 Å². The monoisotopic (exact) mass is 1080 g/mol. The molecule has 0 amide bonds. The predicted molar refractivity (Wildman–Crippen MR) is 355 cm³/mol. The van der Waals surface area contributed by atoms with Crippen LogP contribution in [0.5, 0.6) is 0 Å². The fourth-order valence-electron chi connectivity index (χ4n) is 15.6. The molecule has 8 aromatic rings. The molecule has 8 aromatic carbocycles. The van der Waals surface area contributed by atoms with Crippen LogP contribution in [0.25, 0.3) is 11.1 Å². The third kappa shape index (κ3) is 8.17. The summed E-state index contributed by atoms with van der Waals surface area (Å²) in [6.07, 6.45) is 4.67. The van der Waals surface area contributed by atoms with Gasteiger partial charge in [0.25, 0.3) is 6.71 Å². The van der Waals surface area contributed by atoms with Gasteiger partial charge in [-0.1, -0.05) is 190 Å². The van der Waals surface area contributed by atoms with Gasteiger partial charge >= 0.3 is 0 Å². The van der Waals surface area contributed by atoms with E-state index in [-0.39, 0.29) is 44.6 Å². The van der Waals surface area contributed by atoms with Gasteiger partial charge in [-0.15, -0.1) is 0 Å². The average molecular weight is 1080 g/mol. The van der Waals surface area contributed by atoms with E-state index in [1.165, 1.54) is 147 Å². The second kappa shape index (κ2) is 17.9. The molecule has 5 aliphatic rings. The van der Waals surface area contributed by atoms with Gasteiger partial charge in [-0.3, -0.25) is 0 Å². The molecular weight excluding hydrogens is 990 g/mol. The first-order valence-electron chi connectivity index (χ1n) is 30.9. The first kappa shape index (κ1) is 54.5. The summed E-state index contributed by atoms with van der Waals surface area (Å²) in [7, 11) is 0. The first-order valence-corrected chi connectivity index (χ1v) is 30.9. The molecule has 0 radical (unpaired) electrons. The fraction of sp³-hybridized carbons (Fsp3) is 0.385. The van der Waals surface area contributed by atoms with Crippen LogP contribution in [-0.2, 0) is 37.9 Å². The SMILES string of the molecule is Cc1cc2c3c(c1)N(c1cccc4c1-c1ccccc1C4(C)C)c1cc(N(c4ccc(C(C)(C)C)cc4C)c4ccc(C(C)(C)C)cc4C)ccc1B3c1cc3c(cc1N2c1ccc2c(c1)C(C)(C)CCC2(C)C)C(C)(C)CCC3(C)C. The van der Waals surface area contributed by atoms with Crippen molar-refractivity contribution in [2.75, 3.05) is 14.7 Å². The van der Waals surface area contributed by atoms with Crippen molar-refractivity contribution in [3.05, 3.63) is 201 Å². The van der Waals surface area contributed by atoms with Crippen LogP contribution in [-0.4, -0.2) is 6.71 Å². The van der Waals surface area contributed by atoms with Gasteiger partial charge < -0.3 is 14.7 Å². The molecule has 2 heterocycles. The molecule has 0 bridgehead atoms. The van der Waals surface area contributed by atoms with Crippen LogP contribution in [0.1, 0.15) is 198 Å². The standard InChI is InChI=1S/C78H88BN3/c1-47-39-68-71-69(40-47)82(65-26-22-25-57-70(65)54-23-20-21-24-55(54)78(57,18)19)66-44-53(80(63-33-27-50(41-48(63)2)72(4,5)6)64-34-28-51(42-49(64)3)73(7,8)9)30-32-61(66)79(71)62-45-59-60(77(16,17)38-37-76(59,14)15)46-67(62)81(68)52-29-31-56-58(43-52)75(12,13)36-35-74(56,10)11/h20-34,39-46H,35-38H2,1-19H3. The van der Waals surface area contributed by atoms with Crippen molar-refractivity contribution >= 4 is 74.3 Å². The summed E-state index contributed by atoms with van der Waals surface area (Å²) in [4.78, 5) is 8.01. The van der Waals surface area contributed by atoms with E-state index >= 15 is 0 Å². The third-order valence-electron chi connectivity index (χ3n) is 21.0. The molecule has 0 aromatic heterocycles. The maximum absolute atomic E-state index is 2.72. The lowest BCUT2D eigenvalue weighted by Crippen LogP contribution is -2.62. The number of rotatable bonds is 5. The summed E-state index contributed by atoms with van der Waals surface area (Å²) in [6, 6.07) is 56.3. The van der Waals surface area contributed by atoms with Crippen LogP contribution in [0.2, 0.25) is 0 Å². The maximum Gasteiger partial charge on any atom is 0.252 e. The number of hydrogen-bond donors (Lipinski definition) is 0. The Morgan fingerprint density at radius 1 is 0.415 bits per heavy atom. The van der Waals surface area contributed by atoms with E-state index in [4.69, 9.17) is 0 Å². The Kier molecular flexibility index (Phi) is 11.9. The van der Waals surface area contributed by atoms with E-state index < -0.39 is 0 Å². The molecule has 0 unspecified atom stereocenters. The van der Waals surface area contributed by atoms with E-state index in [0.29, 0.717) is 0 Å². The number of benzene rings is 8. The Morgan fingerprint density at radius 2 is 0.939 bits per heavy atom. The zero-order valence-electron chi connectivity index (χ0n) is 53.0. The highest BCUT2D eigenvalue weighted by atomic mass is 15.2. The Hall–Kier alpha value is -6.78. The van der Waals surface area contributed by atoms with Crippen LogP contribution < -0.4 is 31.1 Å². The number of fused-ring (bicyclic) bond motifs is 9. The van der Waals surface area contributed by atoms with E-state index in [2.05, 4.69) is 286 Å². The second-order valence-corrected chi connectivity index (χ2v) is 31.0. The molecule has 0 N–H and O–H groups in total. The van der Waals surface area contributed by atoms with Crippen LogP contribution in [0, 0.1) is 20.8 Å². The van der Waals surface area contributed by atoms with Gasteiger partial charge in [0.1, 0.15) is 0 Å². The summed E-state index contributed by atoms with van der Waals surface area (Å²) in [5.41, 5.74) is 33.2. The second-order valence-electron chi connectivity index (χ2n) is 31.0. The topological polar surface area (TPSA) is 9.72 Å². The molecule has 2 aliphatic heterocycles. The molecule has 82 heavy (non-hydrogen) atoms. The maximum atomic E-state index is 2.72. The Balaban J connectivity index is 1.14.